The SMILES string of the molecule is C=CC(C)N=C(Nc1cc2c(cc1C)SCCN2C1CCNCC1)c1cccs1. The highest BCUT2D eigenvalue weighted by Gasteiger charge is 2.27. The van der Waals surface area contributed by atoms with Gasteiger partial charge in [-0.25, -0.2) is 0 Å². The molecule has 1 atom stereocenters. The van der Waals surface area contributed by atoms with Gasteiger partial charge >= 0.3 is 0 Å². The zero-order valence-electron chi connectivity index (χ0n) is 17.3. The number of aryl methyl sites for hydroxylation is 1. The van der Waals surface area contributed by atoms with E-state index in [0.29, 0.717) is 6.04 Å². The number of rotatable bonds is 5. The number of thiophene rings is 1. The Balaban J connectivity index is 1.67. The molecule has 0 radical (unpaired) electrons. The summed E-state index contributed by atoms with van der Waals surface area (Å²) in [6.07, 6.45) is 4.32. The van der Waals surface area contributed by atoms with E-state index < -0.39 is 0 Å². The lowest BCUT2D eigenvalue weighted by atomic mass is 10.0. The second-order valence-corrected chi connectivity index (χ2v) is 9.80. The van der Waals surface area contributed by atoms with Crippen LogP contribution in [0, 0.1) is 6.92 Å². The molecule has 1 fully saturated rings. The van der Waals surface area contributed by atoms with Gasteiger partial charge in [0.2, 0.25) is 0 Å². The van der Waals surface area contributed by atoms with Crippen LogP contribution in [0.3, 0.4) is 0 Å². The van der Waals surface area contributed by atoms with Gasteiger partial charge in [-0.1, -0.05) is 12.1 Å². The molecule has 29 heavy (non-hydrogen) atoms. The first-order valence-electron chi connectivity index (χ1n) is 10.4. The number of piperidine rings is 1. The predicted molar refractivity (Wildman–Crippen MR) is 129 cm³/mol. The minimum atomic E-state index is 0.0688. The molecule has 2 aromatic rings. The lowest BCUT2D eigenvalue weighted by Gasteiger charge is -2.40. The van der Waals surface area contributed by atoms with Gasteiger partial charge < -0.3 is 15.5 Å². The van der Waals surface area contributed by atoms with Crippen molar-refractivity contribution in [2.45, 2.75) is 43.7 Å². The maximum Gasteiger partial charge on any atom is 0.143 e. The van der Waals surface area contributed by atoms with Gasteiger partial charge in [0.15, 0.2) is 0 Å². The molecular weight excluding hydrogens is 396 g/mol. The standard InChI is InChI=1S/C23H30N4S2/c1-4-17(3)25-23(21-6-5-12-28-21)26-19-15-20-22(14-16(19)2)29-13-11-27(20)18-7-9-24-10-8-18/h4-6,12,14-15,17-18,24H,1,7-11,13H2,2-3H3,(H,25,26). The number of benzene rings is 1. The Morgan fingerprint density at radius 2 is 2.21 bits per heavy atom. The molecule has 0 saturated carbocycles. The Kier molecular flexibility index (Phi) is 6.63. The average Bonchev–Trinajstić information content (AvgIpc) is 3.28. The zero-order valence-corrected chi connectivity index (χ0v) is 18.9. The van der Waals surface area contributed by atoms with Gasteiger partial charge in [0.05, 0.1) is 16.6 Å². The van der Waals surface area contributed by atoms with E-state index in [1.807, 2.05) is 17.8 Å². The lowest BCUT2D eigenvalue weighted by molar-refractivity contribution is 0.432. The van der Waals surface area contributed by atoms with Crippen molar-refractivity contribution in [1.29, 1.82) is 0 Å². The summed E-state index contributed by atoms with van der Waals surface area (Å²) in [6, 6.07) is 9.60. The second kappa shape index (κ2) is 9.37. The molecule has 0 amide bonds. The first kappa shape index (κ1) is 20.5. The third kappa shape index (κ3) is 4.71. The van der Waals surface area contributed by atoms with Crippen molar-refractivity contribution in [2.75, 3.05) is 35.6 Å². The molecule has 2 N–H and O–H groups in total. The van der Waals surface area contributed by atoms with Crippen LogP contribution >= 0.6 is 23.1 Å². The van der Waals surface area contributed by atoms with Gasteiger partial charge in [-0.15, -0.1) is 29.7 Å². The number of amidine groups is 1. The van der Waals surface area contributed by atoms with E-state index in [2.05, 4.69) is 65.6 Å². The molecule has 3 heterocycles. The van der Waals surface area contributed by atoms with Crippen molar-refractivity contribution in [3.63, 3.8) is 0 Å². The van der Waals surface area contributed by atoms with Crippen molar-refractivity contribution in [3.8, 4) is 0 Å². The van der Waals surface area contributed by atoms with Crippen LogP contribution < -0.4 is 15.5 Å². The van der Waals surface area contributed by atoms with E-state index in [4.69, 9.17) is 4.99 Å². The lowest BCUT2D eigenvalue weighted by Crippen LogP contribution is -2.45. The highest BCUT2D eigenvalue weighted by atomic mass is 32.2. The molecule has 1 unspecified atom stereocenters. The zero-order chi connectivity index (χ0) is 20.2. The van der Waals surface area contributed by atoms with Gasteiger partial charge in [-0.05, 0) is 68.9 Å². The number of nitrogens with one attached hydrogen (secondary N) is 2. The number of anilines is 2. The van der Waals surface area contributed by atoms with Gasteiger partial charge in [0, 0.05) is 28.9 Å². The van der Waals surface area contributed by atoms with E-state index in [9.17, 15) is 0 Å². The van der Waals surface area contributed by atoms with Gasteiger partial charge in [0.1, 0.15) is 5.84 Å². The van der Waals surface area contributed by atoms with Crippen LogP contribution in [0.1, 0.15) is 30.2 Å². The molecule has 2 aliphatic heterocycles. The number of nitrogens with zero attached hydrogens (tertiary/aromatic N) is 2. The molecule has 4 rings (SSSR count). The largest absolute Gasteiger partial charge is 0.367 e. The van der Waals surface area contributed by atoms with Crippen LogP contribution in [-0.2, 0) is 0 Å². The number of aliphatic imine (C=N–C) groups is 1. The van der Waals surface area contributed by atoms with Crippen LogP contribution in [-0.4, -0.2) is 43.3 Å². The molecule has 0 aliphatic carbocycles. The fourth-order valence-electron chi connectivity index (χ4n) is 3.97. The van der Waals surface area contributed by atoms with Crippen LogP contribution in [0.25, 0.3) is 0 Å². The Bertz CT molecular complexity index is 869. The molecule has 2 aliphatic rings. The van der Waals surface area contributed by atoms with E-state index >= 15 is 0 Å². The topological polar surface area (TPSA) is 39.7 Å². The maximum absolute atomic E-state index is 4.87. The Hall–Kier alpha value is -1.76. The van der Waals surface area contributed by atoms with Gasteiger partial charge in [0.25, 0.3) is 0 Å². The summed E-state index contributed by atoms with van der Waals surface area (Å²) in [6.45, 7) is 11.5. The van der Waals surface area contributed by atoms with Crippen molar-refractivity contribution in [3.05, 3.63) is 52.7 Å². The van der Waals surface area contributed by atoms with Crippen molar-refractivity contribution < 1.29 is 0 Å². The molecule has 6 heteroatoms. The molecule has 1 saturated heterocycles. The van der Waals surface area contributed by atoms with Gasteiger partial charge in [-0.2, -0.15) is 0 Å². The normalized spacial score (nSPS) is 19.0. The smallest absolute Gasteiger partial charge is 0.143 e. The Morgan fingerprint density at radius 3 is 2.93 bits per heavy atom. The van der Waals surface area contributed by atoms with Crippen molar-refractivity contribution >= 4 is 40.3 Å². The summed E-state index contributed by atoms with van der Waals surface area (Å²) in [5.41, 5.74) is 3.79. The molecule has 1 aromatic heterocycles. The molecule has 1 aromatic carbocycles. The molecule has 0 spiro atoms. The number of hydrogen-bond acceptors (Lipinski definition) is 5. The van der Waals surface area contributed by atoms with Crippen LogP contribution in [0.5, 0.6) is 0 Å². The van der Waals surface area contributed by atoms with E-state index in [1.54, 1.807) is 11.3 Å². The number of thioether (sulfide) groups is 1. The minimum absolute atomic E-state index is 0.0688. The van der Waals surface area contributed by atoms with Crippen molar-refractivity contribution in [1.82, 2.24) is 5.32 Å². The highest BCUT2D eigenvalue weighted by Crippen LogP contribution is 2.40. The minimum Gasteiger partial charge on any atom is -0.367 e. The summed E-state index contributed by atoms with van der Waals surface area (Å²) in [5, 5.41) is 9.25. The third-order valence-corrected chi connectivity index (χ3v) is 7.54. The number of fused-ring (bicyclic) bond motifs is 1. The Labute approximate surface area is 182 Å². The third-order valence-electron chi connectivity index (χ3n) is 5.64. The molecule has 0 bridgehead atoms. The van der Waals surface area contributed by atoms with Crippen molar-refractivity contribution in [2.24, 2.45) is 4.99 Å². The van der Waals surface area contributed by atoms with Crippen LogP contribution in [0.4, 0.5) is 11.4 Å². The van der Waals surface area contributed by atoms with E-state index in [0.717, 1.165) is 36.0 Å². The monoisotopic (exact) mass is 426 g/mol. The fourth-order valence-corrected chi connectivity index (χ4v) is 5.74. The summed E-state index contributed by atoms with van der Waals surface area (Å²) in [4.78, 5) is 10.1. The first-order chi connectivity index (χ1) is 14.2. The van der Waals surface area contributed by atoms with E-state index in [-0.39, 0.29) is 6.04 Å². The number of hydrogen-bond donors (Lipinski definition) is 2. The molecule has 154 valence electrons. The summed E-state index contributed by atoms with van der Waals surface area (Å²) in [5.74, 6) is 2.09. The van der Waals surface area contributed by atoms with Crippen LogP contribution in [0.15, 0.2) is 52.2 Å². The van der Waals surface area contributed by atoms with Crippen LogP contribution in [0.2, 0.25) is 0 Å². The maximum atomic E-state index is 4.87. The predicted octanol–water partition coefficient (Wildman–Crippen LogP) is 5.15. The van der Waals surface area contributed by atoms with E-state index in [1.165, 1.54) is 34.7 Å². The molecule has 4 nitrogen and oxygen atoms in total. The summed E-state index contributed by atoms with van der Waals surface area (Å²) >= 11 is 3.70. The molecular formula is C23H30N4S2. The average molecular weight is 427 g/mol. The Morgan fingerprint density at radius 1 is 1.38 bits per heavy atom. The highest BCUT2D eigenvalue weighted by molar-refractivity contribution is 7.99. The quantitative estimate of drug-likeness (QED) is 0.394. The first-order valence-corrected chi connectivity index (χ1v) is 12.3. The summed E-state index contributed by atoms with van der Waals surface area (Å²) in [7, 11) is 0. The fraction of sp³-hybridized carbons (Fsp3) is 0.435. The summed E-state index contributed by atoms with van der Waals surface area (Å²) < 4.78 is 0. The van der Waals surface area contributed by atoms with Gasteiger partial charge in [-0.3, -0.25) is 4.99 Å². The second-order valence-electron chi connectivity index (χ2n) is 7.71.